The lowest BCUT2D eigenvalue weighted by Crippen LogP contribution is -2.06. The van der Waals surface area contributed by atoms with Crippen molar-refractivity contribution in [3.8, 4) is 5.75 Å². The second kappa shape index (κ2) is 4.13. The fourth-order valence-electron chi connectivity index (χ4n) is 2.10. The molecule has 0 radical (unpaired) electrons. The minimum absolute atomic E-state index is 0.188. The SMILES string of the molecule is CCn1cc(C(C)C(=O)O)c2cccc(O)c21. The number of phenolic OH excluding ortho intramolecular Hbond substituents is 1. The van der Waals surface area contributed by atoms with Crippen LogP contribution in [-0.2, 0) is 11.3 Å². The van der Waals surface area contributed by atoms with E-state index in [9.17, 15) is 9.90 Å². The third-order valence-electron chi connectivity index (χ3n) is 3.09. The molecule has 0 aliphatic carbocycles. The van der Waals surface area contributed by atoms with E-state index in [4.69, 9.17) is 5.11 Å². The molecule has 1 unspecified atom stereocenters. The van der Waals surface area contributed by atoms with Gasteiger partial charge in [0.15, 0.2) is 0 Å². The summed E-state index contributed by atoms with van der Waals surface area (Å²) in [6, 6.07) is 5.19. The molecular formula is C13H15NO3. The van der Waals surface area contributed by atoms with Crippen LogP contribution in [-0.4, -0.2) is 20.7 Å². The number of rotatable bonds is 3. The molecule has 0 fully saturated rings. The summed E-state index contributed by atoms with van der Waals surface area (Å²) in [7, 11) is 0. The Morgan fingerprint density at radius 1 is 1.47 bits per heavy atom. The minimum atomic E-state index is -0.858. The molecule has 0 saturated heterocycles. The van der Waals surface area contributed by atoms with Gasteiger partial charge in [0.05, 0.1) is 11.4 Å². The topological polar surface area (TPSA) is 62.5 Å². The van der Waals surface area contributed by atoms with Crippen LogP contribution in [0.2, 0.25) is 0 Å². The van der Waals surface area contributed by atoms with Gasteiger partial charge in [-0.1, -0.05) is 12.1 Å². The van der Waals surface area contributed by atoms with Crippen LogP contribution in [0.4, 0.5) is 0 Å². The van der Waals surface area contributed by atoms with Crippen LogP contribution in [0.5, 0.6) is 5.75 Å². The number of phenols is 1. The number of aromatic nitrogens is 1. The lowest BCUT2D eigenvalue weighted by Gasteiger charge is -2.04. The molecule has 4 heteroatoms. The first kappa shape index (κ1) is 11.5. The van der Waals surface area contributed by atoms with Crippen molar-refractivity contribution in [1.29, 1.82) is 0 Å². The van der Waals surface area contributed by atoms with E-state index in [1.807, 2.05) is 23.8 Å². The van der Waals surface area contributed by atoms with E-state index >= 15 is 0 Å². The molecule has 1 heterocycles. The van der Waals surface area contributed by atoms with Gasteiger partial charge in [-0.2, -0.15) is 0 Å². The monoisotopic (exact) mass is 233 g/mol. The molecule has 2 N–H and O–H groups in total. The van der Waals surface area contributed by atoms with E-state index in [1.165, 1.54) is 0 Å². The van der Waals surface area contributed by atoms with Gasteiger partial charge in [-0.05, 0) is 25.5 Å². The summed E-state index contributed by atoms with van der Waals surface area (Å²) in [6.45, 7) is 4.31. The second-order valence-electron chi connectivity index (χ2n) is 4.10. The van der Waals surface area contributed by atoms with Crippen molar-refractivity contribution in [3.63, 3.8) is 0 Å². The Labute approximate surface area is 99.1 Å². The number of aliphatic carboxylic acids is 1. The van der Waals surface area contributed by atoms with Crippen molar-refractivity contribution in [1.82, 2.24) is 4.57 Å². The van der Waals surface area contributed by atoms with Crippen molar-refractivity contribution < 1.29 is 15.0 Å². The zero-order valence-corrected chi connectivity index (χ0v) is 9.84. The molecule has 0 amide bonds. The molecule has 1 aromatic heterocycles. The number of fused-ring (bicyclic) bond motifs is 1. The minimum Gasteiger partial charge on any atom is -0.506 e. The maximum absolute atomic E-state index is 11.1. The highest BCUT2D eigenvalue weighted by Crippen LogP contribution is 2.32. The maximum atomic E-state index is 11.1. The fraction of sp³-hybridized carbons (Fsp3) is 0.308. The maximum Gasteiger partial charge on any atom is 0.310 e. The van der Waals surface area contributed by atoms with Crippen LogP contribution < -0.4 is 0 Å². The third-order valence-corrected chi connectivity index (χ3v) is 3.09. The van der Waals surface area contributed by atoms with E-state index in [0.29, 0.717) is 12.1 Å². The van der Waals surface area contributed by atoms with E-state index in [1.54, 1.807) is 19.1 Å². The molecule has 2 aromatic rings. The highest BCUT2D eigenvalue weighted by atomic mass is 16.4. The van der Waals surface area contributed by atoms with Crippen molar-refractivity contribution >= 4 is 16.9 Å². The number of carbonyl (C=O) groups is 1. The van der Waals surface area contributed by atoms with Crippen molar-refractivity contribution in [2.75, 3.05) is 0 Å². The van der Waals surface area contributed by atoms with E-state index in [-0.39, 0.29) is 5.75 Å². The Morgan fingerprint density at radius 2 is 2.18 bits per heavy atom. The van der Waals surface area contributed by atoms with Crippen LogP contribution in [0.1, 0.15) is 25.3 Å². The van der Waals surface area contributed by atoms with Crippen LogP contribution in [0.25, 0.3) is 10.9 Å². The molecule has 2 rings (SSSR count). The van der Waals surface area contributed by atoms with Gasteiger partial charge in [-0.25, -0.2) is 0 Å². The summed E-state index contributed by atoms with van der Waals surface area (Å²) in [5.74, 6) is -1.25. The number of nitrogens with zero attached hydrogens (tertiary/aromatic N) is 1. The standard InChI is InChI=1S/C13H15NO3/c1-3-14-7-10(8(2)13(16)17)9-5-4-6-11(15)12(9)14/h4-8,15H,3H2,1-2H3,(H,16,17). The Hall–Kier alpha value is -1.97. The van der Waals surface area contributed by atoms with Crippen LogP contribution >= 0.6 is 0 Å². The van der Waals surface area contributed by atoms with Crippen molar-refractivity contribution in [2.45, 2.75) is 26.3 Å². The largest absolute Gasteiger partial charge is 0.506 e. The Bertz CT molecular complexity index is 571. The Morgan fingerprint density at radius 3 is 2.76 bits per heavy atom. The molecule has 0 bridgehead atoms. The quantitative estimate of drug-likeness (QED) is 0.856. The molecule has 17 heavy (non-hydrogen) atoms. The van der Waals surface area contributed by atoms with Crippen molar-refractivity contribution in [3.05, 3.63) is 30.0 Å². The first-order valence-electron chi connectivity index (χ1n) is 5.59. The number of aryl methyl sites for hydroxylation is 1. The smallest absolute Gasteiger partial charge is 0.310 e. The van der Waals surface area contributed by atoms with Gasteiger partial charge in [-0.3, -0.25) is 4.79 Å². The molecule has 0 aliphatic heterocycles. The number of hydrogen-bond donors (Lipinski definition) is 2. The molecule has 1 aromatic carbocycles. The summed E-state index contributed by atoms with van der Waals surface area (Å²) in [5.41, 5.74) is 1.45. The van der Waals surface area contributed by atoms with Gasteiger partial charge >= 0.3 is 5.97 Å². The first-order valence-corrected chi connectivity index (χ1v) is 5.59. The van der Waals surface area contributed by atoms with E-state index < -0.39 is 11.9 Å². The molecule has 0 spiro atoms. The van der Waals surface area contributed by atoms with Crippen LogP contribution in [0, 0.1) is 0 Å². The fourth-order valence-corrected chi connectivity index (χ4v) is 2.10. The molecule has 4 nitrogen and oxygen atoms in total. The van der Waals surface area contributed by atoms with Gasteiger partial charge in [0.1, 0.15) is 5.75 Å². The average molecular weight is 233 g/mol. The number of aromatic hydroxyl groups is 1. The van der Waals surface area contributed by atoms with E-state index in [0.717, 1.165) is 10.9 Å². The number of carboxylic acid groups (broad SMARTS) is 1. The number of benzene rings is 1. The number of para-hydroxylation sites is 1. The highest BCUT2D eigenvalue weighted by Gasteiger charge is 2.20. The van der Waals surface area contributed by atoms with Gasteiger partial charge < -0.3 is 14.8 Å². The zero-order valence-electron chi connectivity index (χ0n) is 9.84. The summed E-state index contributed by atoms with van der Waals surface area (Å²) in [5, 5.41) is 19.7. The third kappa shape index (κ3) is 1.75. The summed E-state index contributed by atoms with van der Waals surface area (Å²) in [4.78, 5) is 11.1. The average Bonchev–Trinajstić information content (AvgIpc) is 2.68. The normalized spacial score (nSPS) is 12.8. The van der Waals surface area contributed by atoms with E-state index in [2.05, 4.69) is 0 Å². The second-order valence-corrected chi connectivity index (χ2v) is 4.10. The number of hydrogen-bond acceptors (Lipinski definition) is 2. The van der Waals surface area contributed by atoms with Gasteiger partial charge in [0.25, 0.3) is 0 Å². The van der Waals surface area contributed by atoms with Crippen LogP contribution in [0.15, 0.2) is 24.4 Å². The Kier molecular flexibility index (Phi) is 2.79. The van der Waals surface area contributed by atoms with Gasteiger partial charge in [-0.15, -0.1) is 0 Å². The number of carboxylic acids is 1. The highest BCUT2D eigenvalue weighted by molar-refractivity contribution is 5.92. The molecule has 1 atom stereocenters. The van der Waals surface area contributed by atoms with Crippen LogP contribution in [0.3, 0.4) is 0 Å². The summed E-state index contributed by atoms with van der Waals surface area (Å²) < 4.78 is 1.87. The predicted octanol–water partition coefficient (Wildman–Crippen LogP) is 2.55. The lowest BCUT2D eigenvalue weighted by atomic mass is 10.0. The molecule has 90 valence electrons. The summed E-state index contributed by atoms with van der Waals surface area (Å²) >= 11 is 0. The van der Waals surface area contributed by atoms with Gasteiger partial charge in [0, 0.05) is 18.1 Å². The summed E-state index contributed by atoms with van der Waals surface area (Å²) in [6.07, 6.45) is 1.81. The molecule has 0 saturated carbocycles. The molecule has 0 aliphatic rings. The molecular weight excluding hydrogens is 218 g/mol. The Balaban J connectivity index is 2.74. The zero-order chi connectivity index (χ0) is 12.6. The lowest BCUT2D eigenvalue weighted by molar-refractivity contribution is -0.138. The van der Waals surface area contributed by atoms with Gasteiger partial charge in [0.2, 0.25) is 0 Å². The van der Waals surface area contributed by atoms with Crippen molar-refractivity contribution in [2.24, 2.45) is 0 Å². The predicted molar refractivity (Wildman–Crippen MR) is 65.3 cm³/mol. The first-order chi connectivity index (χ1) is 8.06.